The first-order valence-corrected chi connectivity index (χ1v) is 6.57. The lowest BCUT2D eigenvalue weighted by Gasteiger charge is -2.23. The summed E-state index contributed by atoms with van der Waals surface area (Å²) < 4.78 is 3.74. The van der Waals surface area contributed by atoms with Crippen LogP contribution in [0.25, 0.3) is 0 Å². The SMILES string of the molecule is COC1CC(Cl)(Cl)C(=O)N1c1ccc(Cl)c(Cl)c1. The molecule has 18 heavy (non-hydrogen) atoms. The van der Waals surface area contributed by atoms with E-state index in [1.165, 1.54) is 12.0 Å². The van der Waals surface area contributed by atoms with Gasteiger partial charge in [-0.2, -0.15) is 0 Å². The molecule has 0 radical (unpaired) electrons. The van der Waals surface area contributed by atoms with Crippen LogP contribution in [0.2, 0.25) is 10.0 Å². The van der Waals surface area contributed by atoms with Gasteiger partial charge in [0.1, 0.15) is 6.23 Å². The number of rotatable bonds is 2. The van der Waals surface area contributed by atoms with Crippen molar-refractivity contribution < 1.29 is 9.53 Å². The van der Waals surface area contributed by atoms with Crippen LogP contribution in [-0.2, 0) is 9.53 Å². The molecule has 0 N–H and O–H groups in total. The third kappa shape index (κ3) is 2.43. The van der Waals surface area contributed by atoms with Crippen molar-refractivity contribution in [2.45, 2.75) is 17.0 Å². The van der Waals surface area contributed by atoms with Crippen LogP contribution < -0.4 is 4.90 Å². The van der Waals surface area contributed by atoms with E-state index in [9.17, 15) is 4.79 Å². The van der Waals surface area contributed by atoms with Gasteiger partial charge in [-0.05, 0) is 18.2 Å². The molecule has 98 valence electrons. The first-order chi connectivity index (χ1) is 8.36. The second kappa shape index (κ2) is 5.06. The van der Waals surface area contributed by atoms with Gasteiger partial charge in [-0.25, -0.2) is 0 Å². The van der Waals surface area contributed by atoms with Gasteiger partial charge in [-0.1, -0.05) is 46.4 Å². The molecule has 0 spiro atoms. The summed E-state index contributed by atoms with van der Waals surface area (Å²) >= 11 is 23.6. The fourth-order valence-electron chi connectivity index (χ4n) is 1.81. The first-order valence-electron chi connectivity index (χ1n) is 5.06. The highest BCUT2D eigenvalue weighted by atomic mass is 35.5. The normalized spacial score (nSPS) is 22.6. The van der Waals surface area contributed by atoms with Crippen LogP contribution >= 0.6 is 46.4 Å². The van der Waals surface area contributed by atoms with Crippen LogP contribution in [0.1, 0.15) is 6.42 Å². The zero-order valence-corrected chi connectivity index (χ0v) is 12.3. The van der Waals surface area contributed by atoms with E-state index in [1.807, 2.05) is 0 Å². The molecule has 1 saturated heterocycles. The van der Waals surface area contributed by atoms with Crippen LogP contribution in [0.15, 0.2) is 18.2 Å². The Morgan fingerprint density at radius 3 is 2.56 bits per heavy atom. The van der Waals surface area contributed by atoms with Gasteiger partial charge in [0.2, 0.25) is 4.33 Å². The van der Waals surface area contributed by atoms with Crippen LogP contribution in [0.5, 0.6) is 0 Å². The van der Waals surface area contributed by atoms with Gasteiger partial charge in [0.05, 0.1) is 10.0 Å². The maximum atomic E-state index is 12.1. The van der Waals surface area contributed by atoms with E-state index in [0.717, 1.165) is 0 Å². The molecule has 1 aromatic rings. The van der Waals surface area contributed by atoms with Crippen molar-refractivity contribution >= 4 is 58.0 Å². The van der Waals surface area contributed by atoms with Crippen molar-refractivity contribution in [1.82, 2.24) is 0 Å². The minimum atomic E-state index is -1.48. The highest BCUT2D eigenvalue weighted by Crippen LogP contribution is 2.41. The number of anilines is 1. The number of hydrogen-bond acceptors (Lipinski definition) is 2. The lowest BCUT2D eigenvalue weighted by atomic mass is 10.3. The summed E-state index contributed by atoms with van der Waals surface area (Å²) in [6.07, 6.45) is -0.337. The predicted octanol–water partition coefficient (Wildman–Crippen LogP) is 3.88. The minimum absolute atomic E-state index is 0.186. The summed E-state index contributed by atoms with van der Waals surface area (Å²) in [5, 5.41) is 0.752. The van der Waals surface area contributed by atoms with Gasteiger partial charge >= 0.3 is 0 Å². The first kappa shape index (κ1) is 14.2. The zero-order chi connectivity index (χ0) is 13.5. The number of carbonyl (C=O) groups excluding carboxylic acids is 1. The molecule has 7 heteroatoms. The maximum absolute atomic E-state index is 12.1. The Hall–Kier alpha value is -0.190. The fraction of sp³-hybridized carbons (Fsp3) is 0.364. The lowest BCUT2D eigenvalue weighted by Crippen LogP contribution is -2.36. The summed E-state index contributed by atoms with van der Waals surface area (Å²) in [6.45, 7) is 0. The van der Waals surface area contributed by atoms with Gasteiger partial charge < -0.3 is 4.74 Å². The Labute approximate surface area is 124 Å². The van der Waals surface area contributed by atoms with Crippen molar-refractivity contribution in [2.75, 3.05) is 12.0 Å². The molecule has 1 aliphatic heterocycles. The Bertz CT molecular complexity index is 492. The quantitative estimate of drug-likeness (QED) is 0.771. The van der Waals surface area contributed by atoms with Crippen LogP contribution in [-0.4, -0.2) is 23.6 Å². The Balaban J connectivity index is 2.42. The van der Waals surface area contributed by atoms with Crippen LogP contribution in [0, 0.1) is 0 Å². The molecule has 0 aromatic heterocycles. The smallest absolute Gasteiger partial charge is 0.265 e. The Morgan fingerprint density at radius 2 is 2.00 bits per heavy atom. The second-order valence-electron chi connectivity index (χ2n) is 3.87. The number of halogens is 4. The molecule has 0 saturated carbocycles. The molecule has 1 atom stereocenters. The van der Waals surface area contributed by atoms with Crippen molar-refractivity contribution in [3.63, 3.8) is 0 Å². The molecule has 1 amide bonds. The minimum Gasteiger partial charge on any atom is -0.361 e. The molecular formula is C11H9Cl4NO2. The van der Waals surface area contributed by atoms with Crippen molar-refractivity contribution in [3.05, 3.63) is 28.2 Å². The monoisotopic (exact) mass is 327 g/mol. The van der Waals surface area contributed by atoms with E-state index < -0.39 is 16.5 Å². The van der Waals surface area contributed by atoms with Crippen molar-refractivity contribution in [2.24, 2.45) is 0 Å². The van der Waals surface area contributed by atoms with Gasteiger partial charge in [0.25, 0.3) is 5.91 Å². The van der Waals surface area contributed by atoms with Gasteiger partial charge in [-0.15, -0.1) is 0 Å². The van der Waals surface area contributed by atoms with E-state index in [2.05, 4.69) is 0 Å². The number of nitrogens with zero attached hydrogens (tertiary/aromatic N) is 1. The summed E-state index contributed by atoms with van der Waals surface area (Å²) in [5.41, 5.74) is 0.546. The maximum Gasteiger partial charge on any atom is 0.265 e. The van der Waals surface area contributed by atoms with Gasteiger partial charge in [0.15, 0.2) is 0 Å². The molecule has 1 aromatic carbocycles. The molecule has 1 heterocycles. The van der Waals surface area contributed by atoms with E-state index >= 15 is 0 Å². The Kier molecular flexibility index (Phi) is 4.00. The highest BCUT2D eigenvalue weighted by molar-refractivity contribution is 6.60. The average Bonchev–Trinajstić information content (AvgIpc) is 2.54. The molecule has 1 fully saturated rings. The van der Waals surface area contributed by atoms with E-state index in [0.29, 0.717) is 15.7 Å². The third-order valence-electron chi connectivity index (χ3n) is 2.70. The zero-order valence-electron chi connectivity index (χ0n) is 9.29. The van der Waals surface area contributed by atoms with Crippen molar-refractivity contribution in [1.29, 1.82) is 0 Å². The van der Waals surface area contributed by atoms with E-state index in [-0.39, 0.29) is 6.42 Å². The third-order valence-corrected chi connectivity index (χ3v) is 4.08. The molecule has 0 aliphatic carbocycles. The van der Waals surface area contributed by atoms with Crippen LogP contribution in [0.3, 0.4) is 0 Å². The number of carbonyl (C=O) groups is 1. The standard InChI is InChI=1S/C11H9Cl4NO2/c1-18-9-5-11(14,15)10(17)16(9)6-2-3-7(12)8(13)4-6/h2-4,9H,5H2,1H3. The number of hydrogen-bond donors (Lipinski definition) is 0. The van der Waals surface area contributed by atoms with E-state index in [4.69, 9.17) is 51.1 Å². The number of ether oxygens (including phenoxy) is 1. The fourth-order valence-corrected chi connectivity index (χ4v) is 2.55. The van der Waals surface area contributed by atoms with Crippen LogP contribution in [0.4, 0.5) is 5.69 Å². The number of amides is 1. The highest BCUT2D eigenvalue weighted by Gasteiger charge is 2.50. The largest absolute Gasteiger partial charge is 0.361 e. The lowest BCUT2D eigenvalue weighted by molar-refractivity contribution is -0.118. The molecule has 1 aliphatic rings. The number of benzene rings is 1. The number of alkyl halides is 2. The number of methoxy groups -OCH3 is 1. The summed E-state index contributed by atoms with van der Waals surface area (Å²) in [6, 6.07) is 4.83. The molecule has 3 nitrogen and oxygen atoms in total. The summed E-state index contributed by atoms with van der Waals surface area (Å²) in [7, 11) is 1.48. The molecule has 2 rings (SSSR count). The Morgan fingerprint density at radius 1 is 1.33 bits per heavy atom. The molecular weight excluding hydrogens is 320 g/mol. The predicted molar refractivity (Wildman–Crippen MR) is 73.8 cm³/mol. The van der Waals surface area contributed by atoms with Gasteiger partial charge in [0, 0.05) is 19.2 Å². The molecule has 1 unspecified atom stereocenters. The van der Waals surface area contributed by atoms with Crippen molar-refractivity contribution in [3.8, 4) is 0 Å². The summed E-state index contributed by atoms with van der Waals surface area (Å²) in [4.78, 5) is 13.5. The second-order valence-corrected chi connectivity index (χ2v) is 6.17. The summed E-state index contributed by atoms with van der Waals surface area (Å²) in [5.74, 6) is -0.434. The van der Waals surface area contributed by atoms with Gasteiger partial charge in [-0.3, -0.25) is 9.69 Å². The molecule has 0 bridgehead atoms. The average molecular weight is 329 g/mol. The topological polar surface area (TPSA) is 29.5 Å². The van der Waals surface area contributed by atoms with E-state index in [1.54, 1.807) is 18.2 Å².